The van der Waals surface area contributed by atoms with E-state index >= 15 is 0 Å². The average molecular weight is 429 g/mol. The molecule has 1 aromatic heterocycles. The molecule has 0 bridgehead atoms. The van der Waals surface area contributed by atoms with Gasteiger partial charge in [0, 0.05) is 17.8 Å². The van der Waals surface area contributed by atoms with E-state index in [4.69, 9.17) is 0 Å². The Morgan fingerprint density at radius 2 is 1.87 bits per heavy atom. The summed E-state index contributed by atoms with van der Waals surface area (Å²) < 4.78 is 27.3. The molecule has 0 saturated heterocycles. The first-order valence-corrected chi connectivity index (χ1v) is 9.00. The first-order valence-electron chi connectivity index (χ1n) is 9.00. The molecule has 1 heterocycles. The average Bonchev–Trinajstić information content (AvgIpc) is 2.70. The van der Waals surface area contributed by atoms with Crippen molar-refractivity contribution in [2.75, 3.05) is 5.32 Å². The third-order valence-corrected chi connectivity index (χ3v) is 4.39. The lowest BCUT2D eigenvalue weighted by Crippen LogP contribution is -2.35. The zero-order valence-electron chi connectivity index (χ0n) is 15.9. The standard InChI is InChI=1S/C21H17F2N3O5/c22-13-4-5-14(15(23)9-13)11-2-1-3-12(8-11)16(10-18(28)29)25-21(31)26-19-17(27)6-7-24-20(19)30/h1-9,16H,10H2,(H,28,29)(H2,24,27,30)(H2,25,26,31)/t16-/m0/s1. The number of hydrogen-bond acceptors (Lipinski definition) is 4. The van der Waals surface area contributed by atoms with E-state index < -0.39 is 53.1 Å². The molecule has 0 unspecified atom stereocenters. The molecule has 0 aliphatic carbocycles. The van der Waals surface area contributed by atoms with Crippen LogP contribution in [-0.4, -0.2) is 27.2 Å². The molecule has 0 aliphatic rings. The largest absolute Gasteiger partial charge is 0.505 e. The van der Waals surface area contributed by atoms with E-state index in [0.29, 0.717) is 11.1 Å². The molecule has 31 heavy (non-hydrogen) atoms. The molecule has 3 rings (SSSR count). The van der Waals surface area contributed by atoms with Crippen molar-refractivity contribution in [2.45, 2.75) is 12.5 Å². The van der Waals surface area contributed by atoms with Crippen LogP contribution in [0.2, 0.25) is 0 Å². The molecular weight excluding hydrogens is 412 g/mol. The Bertz CT molecular complexity index is 1200. The summed E-state index contributed by atoms with van der Waals surface area (Å²) in [4.78, 5) is 37.7. The Balaban J connectivity index is 1.88. The highest BCUT2D eigenvalue weighted by Gasteiger charge is 2.20. The highest BCUT2D eigenvalue weighted by molar-refractivity contribution is 5.91. The van der Waals surface area contributed by atoms with Crippen molar-refractivity contribution in [3.05, 3.63) is 82.3 Å². The number of aromatic nitrogens is 1. The molecule has 5 N–H and O–H groups in total. The molecule has 0 aliphatic heterocycles. The van der Waals surface area contributed by atoms with E-state index in [-0.39, 0.29) is 5.56 Å². The zero-order valence-corrected chi connectivity index (χ0v) is 15.9. The number of benzene rings is 2. The number of H-pyrrole nitrogens is 1. The molecule has 8 nitrogen and oxygen atoms in total. The number of pyridine rings is 1. The van der Waals surface area contributed by atoms with E-state index in [1.54, 1.807) is 6.07 Å². The van der Waals surface area contributed by atoms with Crippen molar-refractivity contribution >= 4 is 17.7 Å². The maximum Gasteiger partial charge on any atom is 0.319 e. The van der Waals surface area contributed by atoms with Gasteiger partial charge in [-0.25, -0.2) is 13.6 Å². The van der Waals surface area contributed by atoms with Crippen LogP contribution in [0, 0.1) is 11.6 Å². The summed E-state index contributed by atoms with van der Waals surface area (Å²) in [6, 6.07) is 8.34. The van der Waals surface area contributed by atoms with Crippen molar-refractivity contribution in [1.29, 1.82) is 0 Å². The fraction of sp³-hybridized carbons (Fsp3) is 0.0952. The predicted octanol–water partition coefficient (Wildman–Crippen LogP) is 3.36. The van der Waals surface area contributed by atoms with Crippen LogP contribution in [0.1, 0.15) is 18.0 Å². The Morgan fingerprint density at radius 1 is 1.10 bits per heavy atom. The number of aromatic hydroxyl groups is 1. The molecule has 3 aromatic rings. The SMILES string of the molecule is O=C(O)C[C@H](NC(=O)Nc1c(O)cc[nH]c1=O)c1cccc(-c2ccc(F)cc2F)c1. The molecule has 1 atom stereocenters. The van der Waals surface area contributed by atoms with Gasteiger partial charge in [0.1, 0.15) is 17.4 Å². The lowest BCUT2D eigenvalue weighted by molar-refractivity contribution is -0.137. The quantitative estimate of drug-likeness (QED) is 0.410. The van der Waals surface area contributed by atoms with Gasteiger partial charge in [-0.15, -0.1) is 0 Å². The third kappa shape index (κ3) is 5.24. The van der Waals surface area contributed by atoms with Gasteiger partial charge < -0.3 is 25.8 Å². The molecule has 0 saturated carbocycles. The number of amides is 2. The number of carbonyl (C=O) groups excluding carboxylic acids is 1. The summed E-state index contributed by atoms with van der Waals surface area (Å²) >= 11 is 0. The van der Waals surface area contributed by atoms with Gasteiger partial charge in [0.2, 0.25) is 0 Å². The summed E-state index contributed by atoms with van der Waals surface area (Å²) in [7, 11) is 0. The highest BCUT2D eigenvalue weighted by Crippen LogP contribution is 2.27. The molecule has 160 valence electrons. The van der Waals surface area contributed by atoms with E-state index in [1.807, 2.05) is 0 Å². The molecular formula is C21H17F2N3O5. The van der Waals surface area contributed by atoms with E-state index in [1.165, 1.54) is 30.5 Å². The van der Waals surface area contributed by atoms with E-state index in [0.717, 1.165) is 18.2 Å². The van der Waals surface area contributed by atoms with Gasteiger partial charge in [0.25, 0.3) is 5.56 Å². The number of carboxylic acids is 1. The number of carboxylic acid groups (broad SMARTS) is 1. The van der Waals surface area contributed by atoms with Crippen LogP contribution >= 0.6 is 0 Å². The monoisotopic (exact) mass is 429 g/mol. The normalized spacial score (nSPS) is 11.5. The number of carbonyl (C=O) groups is 2. The number of halogens is 2. The fourth-order valence-corrected chi connectivity index (χ4v) is 2.97. The summed E-state index contributed by atoms with van der Waals surface area (Å²) in [5, 5.41) is 23.6. The Morgan fingerprint density at radius 3 is 2.55 bits per heavy atom. The summed E-state index contributed by atoms with van der Waals surface area (Å²) in [5.74, 6) is -3.22. The van der Waals surface area contributed by atoms with Crippen molar-refractivity contribution in [3.63, 3.8) is 0 Å². The Hall–Kier alpha value is -4.21. The van der Waals surface area contributed by atoms with Crippen LogP contribution in [0.5, 0.6) is 5.75 Å². The second-order valence-corrected chi connectivity index (χ2v) is 6.57. The molecule has 10 heteroatoms. The van der Waals surface area contributed by atoms with Gasteiger partial charge >= 0.3 is 12.0 Å². The van der Waals surface area contributed by atoms with Gasteiger partial charge in [-0.05, 0) is 35.4 Å². The maximum absolute atomic E-state index is 14.1. The predicted molar refractivity (Wildman–Crippen MR) is 108 cm³/mol. The first-order chi connectivity index (χ1) is 14.7. The van der Waals surface area contributed by atoms with Crippen LogP contribution in [0.15, 0.2) is 59.5 Å². The second-order valence-electron chi connectivity index (χ2n) is 6.57. The van der Waals surface area contributed by atoms with Gasteiger partial charge in [-0.2, -0.15) is 0 Å². The zero-order chi connectivity index (χ0) is 22.5. The number of nitrogens with one attached hydrogen (secondary N) is 3. The lowest BCUT2D eigenvalue weighted by atomic mass is 9.97. The first kappa shape index (κ1) is 21.5. The minimum atomic E-state index is -1.22. The summed E-state index contributed by atoms with van der Waals surface area (Å²) in [6.45, 7) is 0. The smallest absolute Gasteiger partial charge is 0.319 e. The number of urea groups is 1. The van der Waals surface area contributed by atoms with Crippen molar-refractivity contribution < 1.29 is 28.6 Å². The van der Waals surface area contributed by atoms with Gasteiger partial charge in [0.15, 0.2) is 5.69 Å². The van der Waals surface area contributed by atoms with Crippen molar-refractivity contribution in [3.8, 4) is 16.9 Å². The lowest BCUT2D eigenvalue weighted by Gasteiger charge is -2.19. The van der Waals surface area contributed by atoms with E-state index in [9.17, 15) is 33.4 Å². The molecule has 0 spiro atoms. The Labute approximate surface area is 174 Å². The minimum Gasteiger partial charge on any atom is -0.505 e. The number of aliphatic carboxylic acids is 1. The van der Waals surface area contributed by atoms with Crippen LogP contribution in [0.4, 0.5) is 19.3 Å². The number of hydrogen-bond donors (Lipinski definition) is 5. The molecule has 0 fully saturated rings. The van der Waals surface area contributed by atoms with Gasteiger partial charge in [0.05, 0.1) is 12.5 Å². The maximum atomic E-state index is 14.1. The number of rotatable bonds is 6. The summed E-state index contributed by atoms with van der Waals surface area (Å²) in [5.41, 5.74) is -0.368. The molecule has 2 aromatic carbocycles. The Kier molecular flexibility index (Phi) is 6.29. The van der Waals surface area contributed by atoms with Crippen molar-refractivity contribution in [1.82, 2.24) is 10.3 Å². The molecule has 2 amide bonds. The van der Waals surface area contributed by atoms with Gasteiger partial charge in [-0.1, -0.05) is 18.2 Å². The van der Waals surface area contributed by atoms with Crippen molar-refractivity contribution in [2.24, 2.45) is 0 Å². The fourth-order valence-electron chi connectivity index (χ4n) is 2.97. The summed E-state index contributed by atoms with van der Waals surface area (Å²) in [6.07, 6.45) is 0.675. The van der Waals surface area contributed by atoms with Crippen LogP contribution in [0.25, 0.3) is 11.1 Å². The minimum absolute atomic E-state index is 0.0996. The molecule has 0 radical (unpaired) electrons. The second kappa shape index (κ2) is 9.08. The van der Waals surface area contributed by atoms with Gasteiger partial charge in [-0.3, -0.25) is 9.59 Å². The third-order valence-electron chi connectivity index (χ3n) is 4.39. The number of aromatic amines is 1. The highest BCUT2D eigenvalue weighted by atomic mass is 19.1. The topological polar surface area (TPSA) is 132 Å². The van der Waals surface area contributed by atoms with Crippen LogP contribution in [0.3, 0.4) is 0 Å². The van der Waals surface area contributed by atoms with Crippen LogP contribution in [-0.2, 0) is 4.79 Å². The van der Waals surface area contributed by atoms with E-state index in [2.05, 4.69) is 15.6 Å². The number of anilines is 1. The van der Waals surface area contributed by atoms with Crippen LogP contribution < -0.4 is 16.2 Å².